The molecule has 7 nitrogen and oxygen atoms in total. The van der Waals surface area contributed by atoms with Crippen LogP contribution in [0.2, 0.25) is 0 Å². The van der Waals surface area contributed by atoms with Crippen LogP contribution >= 0.6 is 0 Å². The van der Waals surface area contributed by atoms with Gasteiger partial charge in [0.25, 0.3) is 11.6 Å². The Bertz CT molecular complexity index is 484. The number of hydrogen-bond acceptors (Lipinski definition) is 5. The van der Waals surface area contributed by atoms with Gasteiger partial charge < -0.3 is 15.2 Å². The van der Waals surface area contributed by atoms with E-state index in [-0.39, 0.29) is 30.9 Å². The number of ether oxygens (including phenoxy) is 1. The van der Waals surface area contributed by atoms with Gasteiger partial charge in [0.2, 0.25) is 0 Å². The van der Waals surface area contributed by atoms with Crippen molar-refractivity contribution in [1.29, 1.82) is 0 Å². The number of nitrogens with zero attached hydrogens (tertiary/aromatic N) is 1. The lowest BCUT2D eigenvalue weighted by Gasteiger charge is -2.16. The summed E-state index contributed by atoms with van der Waals surface area (Å²) in [6.07, 6.45) is 0.380. The first kappa shape index (κ1) is 16.1. The van der Waals surface area contributed by atoms with E-state index in [4.69, 9.17) is 9.84 Å². The average molecular weight is 282 g/mol. The Morgan fingerprint density at radius 1 is 1.55 bits per heavy atom. The first-order valence-corrected chi connectivity index (χ1v) is 6.15. The molecule has 7 heteroatoms. The molecule has 2 N–H and O–H groups in total. The van der Waals surface area contributed by atoms with Crippen molar-refractivity contribution in [3.05, 3.63) is 39.4 Å². The Hall–Kier alpha value is -1.99. The molecule has 1 atom stereocenters. The summed E-state index contributed by atoms with van der Waals surface area (Å²) in [6, 6.07) is 3.88. The predicted molar refractivity (Wildman–Crippen MR) is 72.7 cm³/mol. The van der Waals surface area contributed by atoms with Crippen molar-refractivity contribution in [1.82, 2.24) is 5.32 Å². The molecule has 0 fully saturated rings. The number of benzene rings is 1. The van der Waals surface area contributed by atoms with E-state index >= 15 is 0 Å². The predicted octanol–water partition coefficient (Wildman–Crippen LogP) is 1.03. The van der Waals surface area contributed by atoms with Crippen molar-refractivity contribution in [3.63, 3.8) is 0 Å². The second kappa shape index (κ2) is 7.56. The summed E-state index contributed by atoms with van der Waals surface area (Å²) in [5.74, 6) is -0.349. The van der Waals surface area contributed by atoms with Gasteiger partial charge in [-0.1, -0.05) is 0 Å². The standard InChI is InChI=1S/C13H18N2O5/c1-9-7-10(3-4-12(9)15(18)19)13(17)14-11(5-6-16)8-20-2/h3-4,7,11,16H,5-6,8H2,1-2H3,(H,14,17). The van der Waals surface area contributed by atoms with Gasteiger partial charge in [-0.3, -0.25) is 14.9 Å². The fourth-order valence-corrected chi connectivity index (χ4v) is 1.82. The Morgan fingerprint density at radius 2 is 2.25 bits per heavy atom. The molecular formula is C13H18N2O5. The molecule has 1 unspecified atom stereocenters. The summed E-state index contributed by atoms with van der Waals surface area (Å²) in [5, 5.41) is 22.3. The van der Waals surface area contributed by atoms with Crippen molar-refractivity contribution < 1.29 is 19.6 Å². The normalized spacial score (nSPS) is 11.9. The number of aliphatic hydroxyl groups excluding tert-OH is 1. The molecular weight excluding hydrogens is 264 g/mol. The second-order valence-electron chi connectivity index (χ2n) is 4.40. The van der Waals surface area contributed by atoms with Gasteiger partial charge in [-0.15, -0.1) is 0 Å². The third-order valence-electron chi connectivity index (χ3n) is 2.84. The van der Waals surface area contributed by atoms with Crippen molar-refractivity contribution in [2.45, 2.75) is 19.4 Å². The molecule has 0 aromatic heterocycles. The van der Waals surface area contributed by atoms with E-state index in [1.165, 1.54) is 25.3 Å². The van der Waals surface area contributed by atoms with Crippen LogP contribution in [0.3, 0.4) is 0 Å². The summed E-state index contributed by atoms with van der Waals surface area (Å²) in [5.41, 5.74) is 0.741. The number of methoxy groups -OCH3 is 1. The Morgan fingerprint density at radius 3 is 2.75 bits per heavy atom. The monoisotopic (exact) mass is 282 g/mol. The number of nitrogens with one attached hydrogen (secondary N) is 1. The van der Waals surface area contributed by atoms with Crippen LogP contribution in [-0.2, 0) is 4.74 Å². The lowest BCUT2D eigenvalue weighted by atomic mass is 10.1. The summed E-state index contributed by atoms with van der Waals surface area (Å²) >= 11 is 0. The van der Waals surface area contributed by atoms with Gasteiger partial charge in [0.05, 0.1) is 17.6 Å². The SMILES string of the molecule is COCC(CCO)NC(=O)c1ccc([N+](=O)[O-])c(C)c1. The number of rotatable bonds is 7. The topological polar surface area (TPSA) is 102 Å². The number of carbonyl (C=O) groups excluding carboxylic acids is 1. The largest absolute Gasteiger partial charge is 0.396 e. The van der Waals surface area contributed by atoms with Crippen LogP contribution in [0.4, 0.5) is 5.69 Å². The van der Waals surface area contributed by atoms with E-state index in [1.54, 1.807) is 6.92 Å². The summed E-state index contributed by atoms with van der Waals surface area (Å²) in [6.45, 7) is 1.81. The van der Waals surface area contributed by atoms with E-state index in [0.29, 0.717) is 17.5 Å². The number of hydrogen-bond donors (Lipinski definition) is 2. The highest BCUT2D eigenvalue weighted by atomic mass is 16.6. The van der Waals surface area contributed by atoms with E-state index in [2.05, 4.69) is 5.32 Å². The molecule has 1 aromatic carbocycles. The zero-order valence-corrected chi connectivity index (χ0v) is 11.5. The van der Waals surface area contributed by atoms with Crippen LogP contribution in [-0.4, -0.2) is 42.3 Å². The van der Waals surface area contributed by atoms with E-state index in [0.717, 1.165) is 0 Å². The van der Waals surface area contributed by atoms with E-state index < -0.39 is 4.92 Å². The second-order valence-corrected chi connectivity index (χ2v) is 4.40. The van der Waals surface area contributed by atoms with Crippen molar-refractivity contribution in [2.75, 3.05) is 20.3 Å². The molecule has 1 rings (SSSR count). The highest BCUT2D eigenvalue weighted by molar-refractivity contribution is 5.94. The van der Waals surface area contributed by atoms with E-state index in [9.17, 15) is 14.9 Å². The Balaban J connectivity index is 2.81. The third-order valence-corrected chi connectivity index (χ3v) is 2.84. The van der Waals surface area contributed by atoms with Crippen LogP contribution in [0.5, 0.6) is 0 Å². The van der Waals surface area contributed by atoms with Gasteiger partial charge in [-0.25, -0.2) is 0 Å². The van der Waals surface area contributed by atoms with Crippen molar-refractivity contribution >= 4 is 11.6 Å². The molecule has 0 aliphatic carbocycles. The van der Waals surface area contributed by atoms with E-state index in [1.807, 2.05) is 0 Å². The molecule has 0 saturated heterocycles. The molecule has 0 saturated carbocycles. The van der Waals surface area contributed by atoms with Crippen LogP contribution in [0, 0.1) is 17.0 Å². The number of carbonyl (C=O) groups is 1. The molecule has 20 heavy (non-hydrogen) atoms. The van der Waals surface area contributed by atoms with Crippen LogP contribution in [0.25, 0.3) is 0 Å². The van der Waals surface area contributed by atoms with Crippen molar-refractivity contribution in [2.24, 2.45) is 0 Å². The summed E-state index contributed by atoms with van der Waals surface area (Å²) in [4.78, 5) is 22.2. The van der Waals surface area contributed by atoms with Gasteiger partial charge in [-0.05, 0) is 25.5 Å². The van der Waals surface area contributed by atoms with Gasteiger partial charge in [-0.2, -0.15) is 0 Å². The molecule has 0 aliphatic heterocycles. The number of nitro benzene ring substituents is 1. The smallest absolute Gasteiger partial charge is 0.272 e. The third kappa shape index (κ3) is 4.29. The van der Waals surface area contributed by atoms with Gasteiger partial charge in [0.1, 0.15) is 0 Å². The highest BCUT2D eigenvalue weighted by Gasteiger charge is 2.16. The maximum absolute atomic E-state index is 12.0. The minimum Gasteiger partial charge on any atom is -0.396 e. The number of amides is 1. The number of aryl methyl sites for hydroxylation is 1. The lowest BCUT2D eigenvalue weighted by Crippen LogP contribution is -2.38. The number of aliphatic hydroxyl groups is 1. The maximum atomic E-state index is 12.0. The first-order valence-electron chi connectivity index (χ1n) is 6.15. The van der Waals surface area contributed by atoms with Crippen LogP contribution in [0.15, 0.2) is 18.2 Å². The van der Waals surface area contributed by atoms with Gasteiger partial charge in [0, 0.05) is 30.9 Å². The first-order chi connectivity index (χ1) is 9.49. The van der Waals surface area contributed by atoms with Crippen molar-refractivity contribution in [3.8, 4) is 0 Å². The molecule has 0 aliphatic rings. The summed E-state index contributed by atoms with van der Waals surface area (Å²) in [7, 11) is 1.51. The van der Waals surface area contributed by atoms with Crippen LogP contribution in [0.1, 0.15) is 22.3 Å². The zero-order chi connectivity index (χ0) is 15.1. The highest BCUT2D eigenvalue weighted by Crippen LogP contribution is 2.18. The van der Waals surface area contributed by atoms with Crippen LogP contribution < -0.4 is 5.32 Å². The average Bonchev–Trinajstić information content (AvgIpc) is 2.38. The molecule has 0 radical (unpaired) electrons. The molecule has 1 amide bonds. The van der Waals surface area contributed by atoms with Gasteiger partial charge in [0.15, 0.2) is 0 Å². The lowest BCUT2D eigenvalue weighted by molar-refractivity contribution is -0.385. The zero-order valence-electron chi connectivity index (χ0n) is 11.5. The quantitative estimate of drug-likeness (QED) is 0.574. The Labute approximate surface area is 116 Å². The fraction of sp³-hybridized carbons (Fsp3) is 0.462. The Kier molecular flexibility index (Phi) is 6.08. The minimum atomic E-state index is -0.490. The fourth-order valence-electron chi connectivity index (χ4n) is 1.82. The molecule has 1 aromatic rings. The summed E-state index contributed by atoms with van der Waals surface area (Å²) < 4.78 is 4.95. The van der Waals surface area contributed by atoms with Gasteiger partial charge >= 0.3 is 0 Å². The maximum Gasteiger partial charge on any atom is 0.272 e. The number of nitro groups is 1. The molecule has 0 heterocycles. The minimum absolute atomic E-state index is 0.0228. The molecule has 110 valence electrons. The molecule has 0 spiro atoms. The molecule has 0 bridgehead atoms.